The highest BCUT2D eigenvalue weighted by Crippen LogP contribution is 2.13. The number of thiophene rings is 1. The van der Waals surface area contributed by atoms with Gasteiger partial charge in [0.05, 0.1) is 0 Å². The summed E-state index contributed by atoms with van der Waals surface area (Å²) >= 11 is 0.755. The molecule has 4 heteroatoms. The third-order valence-corrected chi connectivity index (χ3v) is 4.09. The van der Waals surface area contributed by atoms with Crippen LogP contribution in [-0.2, 0) is 17.8 Å². The van der Waals surface area contributed by atoms with Crippen LogP contribution in [0.15, 0.2) is 16.8 Å². The summed E-state index contributed by atoms with van der Waals surface area (Å²) in [6, 6.07) is 2.10. The van der Waals surface area contributed by atoms with Crippen molar-refractivity contribution in [2.75, 3.05) is 6.54 Å². The standard InChI is InChI=1S/C10H17NOS2/c1-10(2,3)14(12)11-6-4-9-5-7-13-8-9/h5,7-8,11H,4,6H2,1-3H3/t14-/m0/s1. The van der Waals surface area contributed by atoms with Gasteiger partial charge in [-0.25, -0.2) is 0 Å². The summed E-state index contributed by atoms with van der Waals surface area (Å²) in [4.78, 5) is 0. The Labute approximate surface area is 93.0 Å². The molecule has 1 aromatic heterocycles. The average molecular weight is 231 g/mol. The third-order valence-electron chi connectivity index (χ3n) is 1.78. The van der Waals surface area contributed by atoms with Gasteiger partial charge in [-0.15, -0.1) is 4.72 Å². The molecule has 0 aromatic carbocycles. The lowest BCUT2D eigenvalue weighted by Crippen LogP contribution is -2.40. The summed E-state index contributed by atoms with van der Waals surface area (Å²) in [6.07, 6.45) is 0.950. The van der Waals surface area contributed by atoms with Gasteiger partial charge in [-0.05, 0) is 49.6 Å². The first kappa shape index (κ1) is 12.0. The first-order valence-electron chi connectivity index (χ1n) is 4.66. The zero-order valence-electron chi connectivity index (χ0n) is 8.87. The second-order valence-electron chi connectivity index (χ2n) is 4.16. The van der Waals surface area contributed by atoms with Gasteiger partial charge in [0.25, 0.3) is 0 Å². The van der Waals surface area contributed by atoms with Crippen LogP contribution < -0.4 is 4.72 Å². The van der Waals surface area contributed by atoms with Crippen molar-refractivity contribution in [3.05, 3.63) is 22.4 Å². The highest BCUT2D eigenvalue weighted by Gasteiger charge is 2.25. The first-order valence-corrected chi connectivity index (χ1v) is 6.76. The Kier molecular flexibility index (Phi) is 4.44. The van der Waals surface area contributed by atoms with Crippen molar-refractivity contribution in [3.8, 4) is 0 Å². The van der Waals surface area contributed by atoms with Gasteiger partial charge in [0, 0.05) is 17.9 Å². The van der Waals surface area contributed by atoms with E-state index in [-0.39, 0.29) is 4.75 Å². The van der Waals surface area contributed by atoms with E-state index in [0.29, 0.717) is 0 Å². The van der Waals surface area contributed by atoms with Crippen LogP contribution in [0.25, 0.3) is 0 Å². The van der Waals surface area contributed by atoms with E-state index in [2.05, 4.69) is 21.5 Å². The Morgan fingerprint density at radius 1 is 1.50 bits per heavy atom. The van der Waals surface area contributed by atoms with E-state index in [9.17, 15) is 4.55 Å². The molecule has 80 valence electrons. The summed E-state index contributed by atoms with van der Waals surface area (Å²) in [6.45, 7) is 6.70. The van der Waals surface area contributed by atoms with Gasteiger partial charge < -0.3 is 4.55 Å². The lowest BCUT2D eigenvalue weighted by molar-refractivity contribution is 0.544. The number of nitrogens with one attached hydrogen (secondary N) is 1. The molecule has 0 spiro atoms. The van der Waals surface area contributed by atoms with E-state index in [1.807, 2.05) is 20.8 Å². The van der Waals surface area contributed by atoms with Crippen LogP contribution in [0.2, 0.25) is 0 Å². The Morgan fingerprint density at radius 3 is 2.71 bits per heavy atom. The summed E-state index contributed by atoms with van der Waals surface area (Å²) in [7, 11) is 0. The smallest absolute Gasteiger partial charge is 0.136 e. The van der Waals surface area contributed by atoms with Crippen LogP contribution in [0.4, 0.5) is 0 Å². The lowest BCUT2D eigenvalue weighted by Gasteiger charge is -2.23. The quantitative estimate of drug-likeness (QED) is 0.807. The van der Waals surface area contributed by atoms with E-state index in [1.165, 1.54) is 5.56 Å². The SMILES string of the molecule is CC(C)(C)[S@+]([O-])NCCc1ccsc1. The molecule has 0 amide bonds. The maximum atomic E-state index is 11.6. The highest BCUT2D eigenvalue weighted by molar-refractivity contribution is 7.90. The molecule has 14 heavy (non-hydrogen) atoms. The average Bonchev–Trinajstić information content (AvgIpc) is 2.55. The van der Waals surface area contributed by atoms with E-state index in [4.69, 9.17) is 0 Å². The molecule has 0 aliphatic rings. The predicted octanol–water partition coefficient (Wildman–Crippen LogP) is 2.34. The molecule has 0 saturated carbocycles. The van der Waals surface area contributed by atoms with Crippen molar-refractivity contribution < 1.29 is 4.55 Å². The van der Waals surface area contributed by atoms with Gasteiger partial charge in [0.2, 0.25) is 0 Å². The molecule has 0 bridgehead atoms. The molecule has 0 unspecified atom stereocenters. The fourth-order valence-electron chi connectivity index (χ4n) is 0.939. The Morgan fingerprint density at radius 2 is 2.21 bits per heavy atom. The highest BCUT2D eigenvalue weighted by atomic mass is 32.2. The second-order valence-corrected chi connectivity index (χ2v) is 6.99. The third kappa shape index (κ3) is 4.00. The molecule has 1 N–H and O–H groups in total. The minimum absolute atomic E-state index is 0.172. The minimum atomic E-state index is -0.945. The number of hydrogen-bond acceptors (Lipinski definition) is 3. The van der Waals surface area contributed by atoms with Crippen molar-refractivity contribution in [3.63, 3.8) is 0 Å². The fraction of sp³-hybridized carbons (Fsp3) is 0.600. The van der Waals surface area contributed by atoms with Crippen LogP contribution in [0.3, 0.4) is 0 Å². The first-order chi connectivity index (χ1) is 6.50. The van der Waals surface area contributed by atoms with Gasteiger partial charge in [0.1, 0.15) is 4.75 Å². The van der Waals surface area contributed by atoms with Crippen LogP contribution in [0.5, 0.6) is 0 Å². The zero-order valence-corrected chi connectivity index (χ0v) is 10.5. The largest absolute Gasteiger partial charge is 0.598 e. The Balaban J connectivity index is 2.22. The minimum Gasteiger partial charge on any atom is -0.598 e. The molecule has 0 fully saturated rings. The van der Waals surface area contributed by atoms with Crippen molar-refractivity contribution in [2.45, 2.75) is 31.9 Å². The van der Waals surface area contributed by atoms with Crippen molar-refractivity contribution in [2.24, 2.45) is 0 Å². The van der Waals surface area contributed by atoms with Gasteiger partial charge >= 0.3 is 0 Å². The molecule has 2 nitrogen and oxygen atoms in total. The van der Waals surface area contributed by atoms with Crippen molar-refractivity contribution in [1.29, 1.82) is 0 Å². The second kappa shape index (κ2) is 5.16. The topological polar surface area (TPSA) is 35.1 Å². The molecule has 1 atom stereocenters. The van der Waals surface area contributed by atoms with Crippen LogP contribution in [0, 0.1) is 0 Å². The van der Waals surface area contributed by atoms with Gasteiger partial charge in [0.15, 0.2) is 0 Å². The normalized spacial score (nSPS) is 14.3. The van der Waals surface area contributed by atoms with E-state index < -0.39 is 11.4 Å². The molecule has 0 saturated heterocycles. The molecule has 1 aromatic rings. The van der Waals surface area contributed by atoms with Crippen molar-refractivity contribution in [1.82, 2.24) is 4.72 Å². The van der Waals surface area contributed by atoms with Crippen molar-refractivity contribution >= 4 is 22.7 Å². The molecule has 1 rings (SSSR count). The predicted molar refractivity (Wildman–Crippen MR) is 63.9 cm³/mol. The summed E-state index contributed by atoms with van der Waals surface area (Å²) in [5, 5.41) is 4.19. The van der Waals surface area contributed by atoms with Gasteiger partial charge in [-0.3, -0.25) is 0 Å². The summed E-state index contributed by atoms with van der Waals surface area (Å²) in [5.41, 5.74) is 1.31. The lowest BCUT2D eigenvalue weighted by atomic mass is 10.2. The molecule has 0 radical (unpaired) electrons. The molecule has 0 aliphatic carbocycles. The van der Waals surface area contributed by atoms with Crippen LogP contribution in [-0.4, -0.2) is 15.8 Å². The van der Waals surface area contributed by atoms with Gasteiger partial charge in [-0.1, -0.05) is 0 Å². The molecular weight excluding hydrogens is 214 g/mol. The van der Waals surface area contributed by atoms with E-state index in [1.54, 1.807) is 11.3 Å². The maximum Gasteiger partial charge on any atom is 0.136 e. The van der Waals surface area contributed by atoms with Crippen LogP contribution >= 0.6 is 11.3 Å². The van der Waals surface area contributed by atoms with E-state index in [0.717, 1.165) is 13.0 Å². The van der Waals surface area contributed by atoms with E-state index >= 15 is 0 Å². The summed E-state index contributed by atoms with van der Waals surface area (Å²) in [5.74, 6) is 0. The Hall–Kier alpha value is -0.0300. The monoisotopic (exact) mass is 231 g/mol. The van der Waals surface area contributed by atoms with Gasteiger partial charge in [-0.2, -0.15) is 11.3 Å². The molecule has 1 heterocycles. The summed E-state index contributed by atoms with van der Waals surface area (Å²) < 4.78 is 14.5. The molecular formula is C10H17NOS2. The zero-order chi connectivity index (χ0) is 10.6. The number of hydrogen-bond donors (Lipinski definition) is 1. The maximum absolute atomic E-state index is 11.6. The fourth-order valence-corrected chi connectivity index (χ4v) is 2.36. The Bertz CT molecular complexity index is 254. The van der Waals surface area contributed by atoms with Crippen LogP contribution in [0.1, 0.15) is 26.3 Å². The molecule has 0 aliphatic heterocycles. The number of rotatable bonds is 4.